The van der Waals surface area contributed by atoms with Crippen LogP contribution in [0.4, 0.5) is 0 Å². The lowest BCUT2D eigenvalue weighted by atomic mass is 10.0. The summed E-state index contributed by atoms with van der Waals surface area (Å²) in [5, 5.41) is 10.5. The molecule has 0 spiro atoms. The molecule has 1 N–H and O–H groups in total. The van der Waals surface area contributed by atoms with Gasteiger partial charge in [-0.3, -0.25) is 4.79 Å². The number of rotatable bonds is 16. The smallest absolute Gasteiger partial charge is 0.166 e. The molecule has 0 radical (unpaired) electrons. The van der Waals surface area contributed by atoms with E-state index >= 15 is 0 Å². The van der Waals surface area contributed by atoms with E-state index in [1.807, 2.05) is 6.92 Å². The summed E-state index contributed by atoms with van der Waals surface area (Å²) in [4.78, 5) is 12.2. The molecule has 2 nitrogen and oxygen atoms in total. The van der Waals surface area contributed by atoms with Crippen molar-refractivity contribution in [2.45, 2.75) is 110 Å². The summed E-state index contributed by atoms with van der Waals surface area (Å²) >= 11 is 6.06. The monoisotopic (exact) mass is 394 g/mol. The van der Waals surface area contributed by atoms with E-state index in [4.69, 9.17) is 11.6 Å². The van der Waals surface area contributed by atoms with Crippen molar-refractivity contribution in [2.75, 3.05) is 0 Å². The Bertz CT molecular complexity index is 539. The second kappa shape index (κ2) is 15.0. The van der Waals surface area contributed by atoms with Crippen LogP contribution in [0.2, 0.25) is 5.02 Å². The molecular weight excluding hydrogens is 356 g/mol. The van der Waals surface area contributed by atoms with Crippen molar-refractivity contribution in [1.29, 1.82) is 0 Å². The lowest BCUT2D eigenvalue weighted by Crippen LogP contribution is -2.00. The van der Waals surface area contributed by atoms with Crippen molar-refractivity contribution in [3.05, 3.63) is 28.3 Å². The molecule has 0 aliphatic rings. The van der Waals surface area contributed by atoms with E-state index in [-0.39, 0.29) is 11.5 Å². The van der Waals surface area contributed by atoms with Crippen LogP contribution in [-0.4, -0.2) is 10.9 Å². The third kappa shape index (κ3) is 10.8. The number of hydrogen-bond acceptors (Lipinski definition) is 2. The summed E-state index contributed by atoms with van der Waals surface area (Å²) in [6.07, 6.45) is 18.7. The maximum Gasteiger partial charge on any atom is 0.166 e. The predicted octanol–water partition coefficient (Wildman–Crippen LogP) is 8.41. The molecule has 0 aliphatic carbocycles. The molecule has 0 saturated heterocycles. The number of carbonyl (C=O) groups is 1. The van der Waals surface area contributed by atoms with Gasteiger partial charge in [0.25, 0.3) is 0 Å². The summed E-state index contributed by atoms with van der Waals surface area (Å²) in [5.74, 6) is 0.0422. The molecule has 1 rings (SSSR count). The standard InChI is InChI=1S/C24H39ClO2/c1-3-4-5-6-7-8-9-10-11-12-13-14-15-16-17-23(26)21-19-22(25)20(2)18-24(21)27/h18-19,27H,3-17H2,1-2H3. The molecule has 0 atom stereocenters. The van der Waals surface area contributed by atoms with Crippen LogP contribution in [-0.2, 0) is 0 Å². The van der Waals surface area contributed by atoms with Gasteiger partial charge in [-0.1, -0.05) is 102 Å². The summed E-state index contributed by atoms with van der Waals surface area (Å²) in [7, 11) is 0. The Morgan fingerprint density at radius 3 is 1.74 bits per heavy atom. The van der Waals surface area contributed by atoms with Crippen LogP contribution in [0.25, 0.3) is 0 Å². The van der Waals surface area contributed by atoms with Gasteiger partial charge in [0.2, 0.25) is 0 Å². The Balaban J connectivity index is 1.97. The SMILES string of the molecule is CCCCCCCCCCCCCCCCC(=O)c1cc(Cl)c(C)cc1O. The van der Waals surface area contributed by atoms with Gasteiger partial charge in [0.05, 0.1) is 5.56 Å². The Morgan fingerprint density at radius 2 is 1.26 bits per heavy atom. The van der Waals surface area contributed by atoms with E-state index in [0.29, 0.717) is 17.0 Å². The van der Waals surface area contributed by atoms with E-state index in [1.165, 1.54) is 77.0 Å². The van der Waals surface area contributed by atoms with Gasteiger partial charge in [-0.05, 0) is 31.0 Å². The van der Waals surface area contributed by atoms with E-state index in [2.05, 4.69) is 6.92 Å². The van der Waals surface area contributed by atoms with Gasteiger partial charge in [0, 0.05) is 11.4 Å². The fraction of sp³-hybridized carbons (Fsp3) is 0.708. The number of benzene rings is 1. The summed E-state index contributed by atoms with van der Waals surface area (Å²) in [5.41, 5.74) is 1.16. The Hall–Kier alpha value is -1.02. The van der Waals surface area contributed by atoms with Gasteiger partial charge in [-0.15, -0.1) is 0 Å². The van der Waals surface area contributed by atoms with Crippen molar-refractivity contribution >= 4 is 17.4 Å². The largest absolute Gasteiger partial charge is 0.507 e. The highest BCUT2D eigenvalue weighted by atomic mass is 35.5. The average Bonchev–Trinajstić information content (AvgIpc) is 2.64. The molecule has 3 heteroatoms. The Morgan fingerprint density at radius 1 is 0.815 bits per heavy atom. The normalized spacial score (nSPS) is 11.1. The molecule has 154 valence electrons. The van der Waals surface area contributed by atoms with Crippen molar-refractivity contribution < 1.29 is 9.90 Å². The minimum atomic E-state index is -0.00617. The molecule has 0 aliphatic heterocycles. The first-order valence-electron chi connectivity index (χ1n) is 11.1. The number of hydrogen-bond donors (Lipinski definition) is 1. The lowest BCUT2D eigenvalue weighted by molar-refractivity contribution is 0.0976. The number of phenols is 1. The minimum Gasteiger partial charge on any atom is -0.507 e. The van der Waals surface area contributed by atoms with E-state index in [9.17, 15) is 9.90 Å². The third-order valence-corrected chi connectivity index (χ3v) is 5.74. The van der Waals surface area contributed by atoms with Crippen LogP contribution in [0.3, 0.4) is 0 Å². The van der Waals surface area contributed by atoms with Gasteiger partial charge in [0.1, 0.15) is 5.75 Å². The molecule has 0 unspecified atom stereocenters. The zero-order valence-electron chi connectivity index (χ0n) is 17.5. The second-order valence-corrected chi connectivity index (χ2v) is 8.30. The van der Waals surface area contributed by atoms with Crippen molar-refractivity contribution in [1.82, 2.24) is 0 Å². The fourth-order valence-electron chi connectivity index (χ4n) is 3.50. The zero-order valence-corrected chi connectivity index (χ0v) is 18.3. The number of aromatic hydroxyl groups is 1. The zero-order chi connectivity index (χ0) is 19.9. The first-order chi connectivity index (χ1) is 13.1. The number of Topliss-reactive ketones (excluding diaryl/α,β-unsaturated/α-hetero) is 1. The lowest BCUT2D eigenvalue weighted by Gasteiger charge is -2.07. The molecule has 0 aromatic heterocycles. The molecule has 1 aromatic carbocycles. The van der Waals surface area contributed by atoms with Gasteiger partial charge in [-0.2, -0.15) is 0 Å². The van der Waals surface area contributed by atoms with E-state index in [1.54, 1.807) is 12.1 Å². The van der Waals surface area contributed by atoms with Gasteiger partial charge in [-0.25, -0.2) is 0 Å². The number of aryl methyl sites for hydroxylation is 1. The van der Waals surface area contributed by atoms with Gasteiger partial charge < -0.3 is 5.11 Å². The van der Waals surface area contributed by atoms with Crippen LogP contribution in [0.1, 0.15) is 119 Å². The van der Waals surface area contributed by atoms with Crippen LogP contribution in [0.5, 0.6) is 5.75 Å². The first kappa shape index (κ1) is 24.0. The maximum absolute atomic E-state index is 12.2. The van der Waals surface area contributed by atoms with Crippen LogP contribution >= 0.6 is 11.6 Å². The van der Waals surface area contributed by atoms with Crippen LogP contribution in [0, 0.1) is 6.92 Å². The van der Waals surface area contributed by atoms with Gasteiger partial charge in [0.15, 0.2) is 5.78 Å². The second-order valence-electron chi connectivity index (χ2n) is 7.89. The molecule has 0 fully saturated rings. The van der Waals surface area contributed by atoms with Gasteiger partial charge >= 0.3 is 0 Å². The average molecular weight is 395 g/mol. The summed E-state index contributed by atoms with van der Waals surface area (Å²) < 4.78 is 0. The Kier molecular flexibility index (Phi) is 13.3. The molecule has 0 bridgehead atoms. The summed E-state index contributed by atoms with van der Waals surface area (Å²) in [6.45, 7) is 4.09. The Labute approximate surface area is 171 Å². The first-order valence-corrected chi connectivity index (χ1v) is 11.5. The fourth-order valence-corrected chi connectivity index (χ4v) is 3.67. The van der Waals surface area contributed by atoms with E-state index in [0.717, 1.165) is 18.4 Å². The highest BCUT2D eigenvalue weighted by Gasteiger charge is 2.13. The summed E-state index contributed by atoms with van der Waals surface area (Å²) in [6, 6.07) is 3.17. The quantitative estimate of drug-likeness (QED) is 0.225. The highest BCUT2D eigenvalue weighted by molar-refractivity contribution is 6.31. The number of halogens is 1. The molecule has 0 saturated carbocycles. The van der Waals surface area contributed by atoms with E-state index < -0.39 is 0 Å². The van der Waals surface area contributed by atoms with Crippen LogP contribution in [0.15, 0.2) is 12.1 Å². The third-order valence-electron chi connectivity index (χ3n) is 5.33. The predicted molar refractivity (Wildman–Crippen MR) is 117 cm³/mol. The topological polar surface area (TPSA) is 37.3 Å². The van der Waals surface area contributed by atoms with Crippen molar-refractivity contribution in [3.8, 4) is 5.75 Å². The van der Waals surface area contributed by atoms with Crippen molar-refractivity contribution in [3.63, 3.8) is 0 Å². The maximum atomic E-state index is 12.2. The minimum absolute atomic E-state index is 0.00617. The molecule has 0 heterocycles. The number of unbranched alkanes of at least 4 members (excludes halogenated alkanes) is 13. The number of phenolic OH excluding ortho intramolecular Hbond substituents is 1. The highest BCUT2D eigenvalue weighted by Crippen LogP contribution is 2.27. The molecular formula is C24H39ClO2. The molecule has 1 aromatic rings. The van der Waals surface area contributed by atoms with Crippen molar-refractivity contribution in [2.24, 2.45) is 0 Å². The number of ketones is 1. The van der Waals surface area contributed by atoms with Crippen LogP contribution < -0.4 is 0 Å². The molecule has 0 amide bonds. The molecule has 27 heavy (non-hydrogen) atoms. The number of carbonyl (C=O) groups excluding carboxylic acids is 1.